The van der Waals surface area contributed by atoms with E-state index < -0.39 is 10.0 Å². The molecule has 0 aliphatic carbocycles. The zero-order chi connectivity index (χ0) is 14.1. The van der Waals surface area contributed by atoms with E-state index in [-0.39, 0.29) is 27.9 Å². The van der Waals surface area contributed by atoms with E-state index in [2.05, 4.69) is 22.1 Å². The molecular formula is C11H20Cl2N4O2S. The Labute approximate surface area is 130 Å². The van der Waals surface area contributed by atoms with Crippen LogP contribution in [0, 0.1) is 5.41 Å². The second-order valence-electron chi connectivity index (χ2n) is 5.34. The third-order valence-electron chi connectivity index (χ3n) is 3.47. The molecule has 0 aromatic carbocycles. The Morgan fingerprint density at radius 2 is 2.30 bits per heavy atom. The van der Waals surface area contributed by atoms with Gasteiger partial charge < -0.3 is 5.32 Å². The molecular weight excluding hydrogens is 323 g/mol. The van der Waals surface area contributed by atoms with Crippen molar-refractivity contribution in [2.75, 3.05) is 19.6 Å². The number of rotatable bonds is 4. The Balaban J connectivity index is 0.00000200. The Hall–Kier alpha value is -0.340. The monoisotopic (exact) mass is 342 g/mol. The average Bonchev–Trinajstić information content (AvgIpc) is 2.68. The van der Waals surface area contributed by atoms with Crippen LogP contribution < -0.4 is 10.0 Å². The van der Waals surface area contributed by atoms with E-state index in [0.29, 0.717) is 6.54 Å². The minimum atomic E-state index is -3.63. The van der Waals surface area contributed by atoms with Crippen LogP contribution >= 0.6 is 24.0 Å². The molecule has 1 unspecified atom stereocenters. The summed E-state index contributed by atoms with van der Waals surface area (Å²) in [5.74, 6) is 0. The molecule has 1 aliphatic rings. The summed E-state index contributed by atoms with van der Waals surface area (Å²) in [7, 11) is -2.07. The van der Waals surface area contributed by atoms with Gasteiger partial charge in [-0.3, -0.25) is 4.68 Å². The summed E-state index contributed by atoms with van der Waals surface area (Å²) >= 11 is 5.87. The predicted molar refractivity (Wildman–Crippen MR) is 80.9 cm³/mol. The number of nitrogens with one attached hydrogen (secondary N) is 2. The molecule has 1 saturated heterocycles. The van der Waals surface area contributed by atoms with E-state index in [0.717, 1.165) is 25.9 Å². The van der Waals surface area contributed by atoms with Gasteiger partial charge in [-0.15, -0.1) is 12.4 Å². The van der Waals surface area contributed by atoms with E-state index >= 15 is 0 Å². The number of nitrogens with zero attached hydrogens (tertiary/aromatic N) is 2. The van der Waals surface area contributed by atoms with Crippen molar-refractivity contribution in [2.45, 2.75) is 24.8 Å². The van der Waals surface area contributed by atoms with Crippen molar-refractivity contribution in [1.82, 2.24) is 19.8 Å². The maximum absolute atomic E-state index is 12.2. The van der Waals surface area contributed by atoms with Crippen LogP contribution in [0.25, 0.3) is 0 Å². The molecule has 1 aromatic heterocycles. The first-order valence-electron chi connectivity index (χ1n) is 6.22. The molecule has 2 N–H and O–H groups in total. The summed E-state index contributed by atoms with van der Waals surface area (Å²) in [6, 6.07) is 0. The fourth-order valence-electron chi connectivity index (χ4n) is 2.31. The number of piperidine rings is 1. The van der Waals surface area contributed by atoms with Gasteiger partial charge in [0.1, 0.15) is 0 Å². The molecule has 1 fully saturated rings. The molecule has 2 rings (SSSR count). The number of aromatic nitrogens is 2. The van der Waals surface area contributed by atoms with E-state index in [4.69, 9.17) is 11.6 Å². The van der Waals surface area contributed by atoms with Gasteiger partial charge in [-0.2, -0.15) is 5.10 Å². The summed E-state index contributed by atoms with van der Waals surface area (Å²) in [5.41, 5.74) is -0.0591. The van der Waals surface area contributed by atoms with Crippen molar-refractivity contribution in [1.29, 1.82) is 0 Å². The Kier molecular flexibility index (Phi) is 5.86. The van der Waals surface area contributed by atoms with Crippen LogP contribution in [0.1, 0.15) is 19.8 Å². The quantitative estimate of drug-likeness (QED) is 0.860. The lowest BCUT2D eigenvalue weighted by molar-refractivity contribution is 0.238. The van der Waals surface area contributed by atoms with Gasteiger partial charge in [0.15, 0.2) is 5.03 Å². The first kappa shape index (κ1) is 17.7. The predicted octanol–water partition coefficient (Wildman–Crippen LogP) is 1.16. The lowest BCUT2D eigenvalue weighted by Gasteiger charge is -2.34. The van der Waals surface area contributed by atoms with Gasteiger partial charge in [-0.05, 0) is 24.8 Å². The van der Waals surface area contributed by atoms with Gasteiger partial charge in [0.25, 0.3) is 10.0 Å². The zero-order valence-electron chi connectivity index (χ0n) is 11.5. The maximum Gasteiger partial charge on any atom is 0.259 e. The summed E-state index contributed by atoms with van der Waals surface area (Å²) in [4.78, 5) is 0. The van der Waals surface area contributed by atoms with Crippen molar-refractivity contribution in [3.8, 4) is 0 Å². The van der Waals surface area contributed by atoms with Gasteiger partial charge in [0, 0.05) is 20.1 Å². The van der Waals surface area contributed by atoms with Crippen LogP contribution in [0.5, 0.6) is 0 Å². The summed E-state index contributed by atoms with van der Waals surface area (Å²) in [5, 5.41) is 7.29. The second kappa shape index (κ2) is 6.62. The van der Waals surface area contributed by atoms with E-state index in [9.17, 15) is 8.42 Å². The van der Waals surface area contributed by atoms with Gasteiger partial charge >= 0.3 is 0 Å². The molecule has 0 amide bonds. The lowest BCUT2D eigenvalue weighted by atomic mass is 9.83. The van der Waals surface area contributed by atoms with Crippen LogP contribution in [0.3, 0.4) is 0 Å². The van der Waals surface area contributed by atoms with E-state index in [1.54, 1.807) is 7.05 Å². The standard InChI is InChI=1S/C11H19ClN4O2S.ClH/c1-11(4-3-5-13-7-11)8-15-19(17,18)10-9(12)6-14-16(10)2;/h6,13,15H,3-5,7-8H2,1-2H3;1H. The molecule has 1 atom stereocenters. The number of aryl methyl sites for hydroxylation is 1. The Morgan fingerprint density at radius 3 is 2.80 bits per heavy atom. The first-order valence-corrected chi connectivity index (χ1v) is 8.08. The summed E-state index contributed by atoms with van der Waals surface area (Å²) in [6.45, 7) is 4.28. The van der Waals surface area contributed by atoms with Gasteiger partial charge in [-0.25, -0.2) is 13.1 Å². The molecule has 1 aromatic rings. The topological polar surface area (TPSA) is 76.0 Å². The lowest BCUT2D eigenvalue weighted by Crippen LogP contribution is -2.45. The molecule has 1 aliphatic heterocycles. The van der Waals surface area contributed by atoms with Crippen LogP contribution in [0.2, 0.25) is 5.02 Å². The number of halogens is 2. The number of sulfonamides is 1. The highest BCUT2D eigenvalue weighted by Crippen LogP contribution is 2.26. The first-order chi connectivity index (χ1) is 8.84. The number of hydrogen-bond acceptors (Lipinski definition) is 4. The van der Waals surface area contributed by atoms with Crippen molar-refractivity contribution >= 4 is 34.0 Å². The molecule has 0 saturated carbocycles. The van der Waals surface area contributed by atoms with Crippen LogP contribution in [-0.2, 0) is 17.1 Å². The third-order valence-corrected chi connectivity index (χ3v) is 5.38. The maximum atomic E-state index is 12.2. The largest absolute Gasteiger partial charge is 0.316 e. The zero-order valence-corrected chi connectivity index (χ0v) is 13.9. The van der Waals surface area contributed by atoms with Crippen LogP contribution in [-0.4, -0.2) is 37.8 Å². The van der Waals surface area contributed by atoms with Crippen LogP contribution in [0.4, 0.5) is 0 Å². The van der Waals surface area contributed by atoms with Gasteiger partial charge in [-0.1, -0.05) is 18.5 Å². The van der Waals surface area contributed by atoms with Crippen molar-refractivity contribution in [3.05, 3.63) is 11.2 Å². The van der Waals surface area contributed by atoms with Crippen molar-refractivity contribution < 1.29 is 8.42 Å². The molecule has 0 bridgehead atoms. The molecule has 20 heavy (non-hydrogen) atoms. The number of hydrogen-bond donors (Lipinski definition) is 2. The summed E-state index contributed by atoms with van der Waals surface area (Å²) < 4.78 is 28.4. The highest BCUT2D eigenvalue weighted by molar-refractivity contribution is 7.89. The minimum Gasteiger partial charge on any atom is -0.316 e. The normalized spacial score (nSPS) is 23.4. The summed E-state index contributed by atoms with van der Waals surface area (Å²) in [6.07, 6.45) is 3.40. The van der Waals surface area contributed by atoms with Crippen LogP contribution in [0.15, 0.2) is 11.2 Å². The third kappa shape index (κ3) is 3.85. The average molecular weight is 343 g/mol. The van der Waals surface area contributed by atoms with E-state index in [1.165, 1.54) is 10.9 Å². The Morgan fingerprint density at radius 1 is 1.60 bits per heavy atom. The van der Waals surface area contributed by atoms with E-state index in [1.807, 2.05) is 0 Å². The Bertz CT molecular complexity index is 533. The molecule has 2 heterocycles. The second-order valence-corrected chi connectivity index (χ2v) is 7.43. The smallest absolute Gasteiger partial charge is 0.259 e. The molecule has 6 nitrogen and oxygen atoms in total. The van der Waals surface area contributed by atoms with Crippen molar-refractivity contribution in [2.24, 2.45) is 12.5 Å². The fourth-order valence-corrected chi connectivity index (χ4v) is 4.16. The molecule has 0 spiro atoms. The highest BCUT2D eigenvalue weighted by Gasteiger charge is 2.30. The van der Waals surface area contributed by atoms with Gasteiger partial charge in [0.05, 0.1) is 11.2 Å². The van der Waals surface area contributed by atoms with Gasteiger partial charge in [0.2, 0.25) is 0 Å². The molecule has 116 valence electrons. The van der Waals surface area contributed by atoms with Crippen molar-refractivity contribution in [3.63, 3.8) is 0 Å². The highest BCUT2D eigenvalue weighted by atomic mass is 35.5. The molecule has 0 radical (unpaired) electrons. The minimum absolute atomic E-state index is 0. The SMILES string of the molecule is Cl.Cn1ncc(Cl)c1S(=O)(=O)NCC1(C)CCCNC1. The fraction of sp³-hybridized carbons (Fsp3) is 0.727. The molecule has 9 heteroatoms.